The monoisotopic (exact) mass is 367 g/mol. The molecule has 0 saturated heterocycles. The van der Waals surface area contributed by atoms with Crippen LogP contribution in [-0.4, -0.2) is 22.3 Å². The lowest BCUT2D eigenvalue weighted by Crippen LogP contribution is -2.29. The minimum atomic E-state index is -0.400. The number of ether oxygens (including phenoxy) is 1. The Hall–Kier alpha value is -3.48. The van der Waals surface area contributed by atoms with E-state index in [1.165, 1.54) is 24.3 Å². The van der Waals surface area contributed by atoms with Crippen molar-refractivity contribution in [2.75, 3.05) is 11.9 Å². The third-order valence-corrected chi connectivity index (χ3v) is 3.75. The van der Waals surface area contributed by atoms with Crippen LogP contribution in [-0.2, 0) is 11.3 Å². The summed E-state index contributed by atoms with van der Waals surface area (Å²) in [6.07, 6.45) is 0. The van der Waals surface area contributed by atoms with Crippen molar-refractivity contribution in [2.45, 2.75) is 13.5 Å². The molecule has 0 saturated carbocycles. The number of aromatic nitrogens is 2. The molecule has 27 heavy (non-hydrogen) atoms. The van der Waals surface area contributed by atoms with Crippen molar-refractivity contribution in [3.8, 4) is 17.0 Å². The predicted octanol–water partition coefficient (Wildman–Crippen LogP) is 3.09. The normalized spacial score (nSPS) is 10.4. The second-order valence-electron chi connectivity index (χ2n) is 5.73. The summed E-state index contributed by atoms with van der Waals surface area (Å²) in [5, 5.41) is 6.90. The van der Waals surface area contributed by atoms with E-state index in [4.69, 9.17) is 4.74 Å². The van der Waals surface area contributed by atoms with Crippen LogP contribution >= 0.6 is 0 Å². The second-order valence-corrected chi connectivity index (χ2v) is 5.73. The van der Waals surface area contributed by atoms with Gasteiger partial charge in [-0.15, -0.1) is 0 Å². The third kappa shape index (κ3) is 4.78. The number of hydrogen-bond donors (Lipinski definition) is 1. The molecule has 0 bridgehead atoms. The van der Waals surface area contributed by atoms with E-state index in [9.17, 15) is 14.0 Å². The molecule has 0 radical (unpaired) electrons. The van der Waals surface area contributed by atoms with Gasteiger partial charge in [-0.1, -0.05) is 0 Å². The number of anilines is 1. The van der Waals surface area contributed by atoms with Gasteiger partial charge in [0, 0.05) is 17.3 Å². The molecular formula is C20H18FN3O3. The van der Waals surface area contributed by atoms with E-state index >= 15 is 0 Å². The molecule has 0 atom stereocenters. The molecule has 6 nitrogen and oxygen atoms in total. The molecule has 3 aromatic rings. The molecule has 0 unspecified atom stereocenters. The molecule has 1 amide bonds. The van der Waals surface area contributed by atoms with Gasteiger partial charge < -0.3 is 10.1 Å². The molecule has 0 aliphatic carbocycles. The highest BCUT2D eigenvalue weighted by molar-refractivity contribution is 5.90. The van der Waals surface area contributed by atoms with E-state index in [1.807, 2.05) is 6.92 Å². The molecule has 1 aromatic heterocycles. The summed E-state index contributed by atoms with van der Waals surface area (Å²) in [5.74, 6) is -0.0350. The Morgan fingerprint density at radius 1 is 1.07 bits per heavy atom. The van der Waals surface area contributed by atoms with Crippen molar-refractivity contribution in [3.05, 3.63) is 76.8 Å². The molecule has 0 fully saturated rings. The molecule has 1 N–H and O–H groups in total. The Balaban J connectivity index is 1.72. The Morgan fingerprint density at radius 3 is 2.44 bits per heavy atom. The van der Waals surface area contributed by atoms with E-state index < -0.39 is 5.56 Å². The van der Waals surface area contributed by atoms with Crippen LogP contribution in [0.25, 0.3) is 11.3 Å². The van der Waals surface area contributed by atoms with Crippen LogP contribution in [0.2, 0.25) is 0 Å². The van der Waals surface area contributed by atoms with Crippen LogP contribution in [0.3, 0.4) is 0 Å². The molecule has 0 spiro atoms. The summed E-state index contributed by atoms with van der Waals surface area (Å²) in [4.78, 5) is 24.3. The molecule has 7 heteroatoms. The van der Waals surface area contributed by atoms with Crippen molar-refractivity contribution in [3.63, 3.8) is 0 Å². The van der Waals surface area contributed by atoms with E-state index in [0.717, 1.165) is 4.68 Å². The van der Waals surface area contributed by atoms with E-state index in [-0.39, 0.29) is 18.3 Å². The fourth-order valence-electron chi connectivity index (χ4n) is 2.47. The maximum Gasteiger partial charge on any atom is 0.267 e. The quantitative estimate of drug-likeness (QED) is 0.727. The van der Waals surface area contributed by atoms with Gasteiger partial charge in [0.1, 0.15) is 18.1 Å². The van der Waals surface area contributed by atoms with E-state index in [1.54, 1.807) is 36.4 Å². The molecular weight excluding hydrogens is 349 g/mol. The molecule has 3 rings (SSSR count). The predicted molar refractivity (Wildman–Crippen MR) is 100 cm³/mol. The first-order valence-corrected chi connectivity index (χ1v) is 8.42. The van der Waals surface area contributed by atoms with Crippen molar-refractivity contribution < 1.29 is 13.9 Å². The first-order chi connectivity index (χ1) is 13.0. The van der Waals surface area contributed by atoms with Crippen LogP contribution in [0, 0.1) is 5.82 Å². The van der Waals surface area contributed by atoms with Gasteiger partial charge >= 0.3 is 0 Å². The van der Waals surface area contributed by atoms with Gasteiger partial charge in [0.15, 0.2) is 0 Å². The molecule has 138 valence electrons. The van der Waals surface area contributed by atoms with Crippen molar-refractivity contribution in [1.29, 1.82) is 0 Å². The number of carbonyl (C=O) groups is 1. The molecule has 0 aliphatic rings. The first kappa shape index (κ1) is 18.3. The zero-order valence-electron chi connectivity index (χ0n) is 14.7. The van der Waals surface area contributed by atoms with Crippen LogP contribution in [0.4, 0.5) is 10.1 Å². The zero-order valence-corrected chi connectivity index (χ0v) is 14.7. The Morgan fingerprint density at radius 2 is 1.78 bits per heavy atom. The lowest BCUT2D eigenvalue weighted by atomic mass is 10.1. The summed E-state index contributed by atoms with van der Waals surface area (Å²) in [7, 11) is 0. The fourth-order valence-corrected chi connectivity index (χ4v) is 2.47. The molecule has 0 aliphatic heterocycles. The lowest BCUT2D eigenvalue weighted by molar-refractivity contribution is -0.117. The van der Waals surface area contributed by atoms with Crippen molar-refractivity contribution >= 4 is 11.6 Å². The topological polar surface area (TPSA) is 73.2 Å². The molecule has 1 heterocycles. The number of halogens is 1. The van der Waals surface area contributed by atoms with Gasteiger partial charge in [-0.3, -0.25) is 9.59 Å². The summed E-state index contributed by atoms with van der Waals surface area (Å²) in [6, 6.07) is 15.5. The smallest absolute Gasteiger partial charge is 0.267 e. The van der Waals surface area contributed by atoms with Gasteiger partial charge in [0.05, 0.1) is 12.3 Å². The average molecular weight is 367 g/mol. The van der Waals surface area contributed by atoms with E-state index in [0.29, 0.717) is 29.3 Å². The number of carbonyl (C=O) groups excluding carboxylic acids is 1. The maximum absolute atomic E-state index is 13.1. The first-order valence-electron chi connectivity index (χ1n) is 8.42. The minimum absolute atomic E-state index is 0.235. The van der Waals surface area contributed by atoms with Crippen LogP contribution in [0.15, 0.2) is 65.5 Å². The third-order valence-electron chi connectivity index (χ3n) is 3.75. The van der Waals surface area contributed by atoms with Gasteiger partial charge in [-0.05, 0) is 61.5 Å². The van der Waals surface area contributed by atoms with Crippen LogP contribution < -0.4 is 15.6 Å². The lowest BCUT2D eigenvalue weighted by Gasteiger charge is -2.09. The summed E-state index contributed by atoms with van der Waals surface area (Å²) < 4.78 is 19.5. The average Bonchev–Trinajstić information content (AvgIpc) is 2.66. The largest absolute Gasteiger partial charge is 0.494 e. The Bertz CT molecular complexity index is 983. The van der Waals surface area contributed by atoms with Gasteiger partial charge in [-0.25, -0.2) is 9.07 Å². The minimum Gasteiger partial charge on any atom is -0.494 e. The number of nitrogens with zero attached hydrogens (tertiary/aromatic N) is 2. The SMILES string of the molecule is CCOc1ccc(NC(=O)Cn2nc(-c3ccc(F)cc3)ccc2=O)cc1. The fraction of sp³-hybridized carbons (Fsp3) is 0.150. The number of amides is 1. The van der Waals surface area contributed by atoms with Crippen molar-refractivity contribution in [1.82, 2.24) is 9.78 Å². The highest BCUT2D eigenvalue weighted by atomic mass is 19.1. The van der Waals surface area contributed by atoms with Gasteiger partial charge in [0.25, 0.3) is 5.56 Å². The summed E-state index contributed by atoms with van der Waals surface area (Å²) >= 11 is 0. The highest BCUT2D eigenvalue weighted by Crippen LogP contribution is 2.17. The number of rotatable bonds is 6. The van der Waals surface area contributed by atoms with Crippen molar-refractivity contribution in [2.24, 2.45) is 0 Å². The second kappa shape index (κ2) is 8.27. The summed E-state index contributed by atoms with van der Waals surface area (Å²) in [5.41, 5.74) is 1.31. The van der Waals surface area contributed by atoms with E-state index in [2.05, 4.69) is 10.4 Å². The van der Waals surface area contributed by atoms with Crippen LogP contribution in [0.5, 0.6) is 5.75 Å². The Kier molecular flexibility index (Phi) is 5.61. The number of nitrogens with one attached hydrogen (secondary N) is 1. The number of benzene rings is 2. The summed E-state index contributed by atoms with van der Waals surface area (Å²) in [6.45, 7) is 2.21. The highest BCUT2D eigenvalue weighted by Gasteiger charge is 2.09. The zero-order chi connectivity index (χ0) is 19.2. The number of hydrogen-bond acceptors (Lipinski definition) is 4. The molecule has 2 aromatic carbocycles. The maximum atomic E-state index is 13.1. The van der Waals surface area contributed by atoms with Gasteiger partial charge in [-0.2, -0.15) is 5.10 Å². The standard InChI is InChI=1S/C20H18FN3O3/c1-2-27-17-9-7-16(8-10-17)22-19(25)13-24-20(26)12-11-18(23-24)14-3-5-15(21)6-4-14/h3-12H,2,13H2,1H3,(H,22,25). The van der Waals surface area contributed by atoms with Gasteiger partial charge in [0.2, 0.25) is 5.91 Å². The Labute approximate surface area is 155 Å². The van der Waals surface area contributed by atoms with Crippen LogP contribution in [0.1, 0.15) is 6.92 Å².